The highest BCUT2D eigenvalue weighted by atomic mass is 32.2. The maximum Gasteiger partial charge on any atom is 0.240 e. The van der Waals surface area contributed by atoms with Gasteiger partial charge < -0.3 is 15.2 Å². The zero-order valence-corrected chi connectivity index (χ0v) is 16.4. The van der Waals surface area contributed by atoms with E-state index in [0.29, 0.717) is 17.5 Å². The van der Waals surface area contributed by atoms with Crippen LogP contribution in [0.15, 0.2) is 65.2 Å². The Morgan fingerprint density at radius 2 is 1.83 bits per heavy atom. The van der Waals surface area contributed by atoms with Crippen LogP contribution < -0.4 is 16.0 Å². The van der Waals surface area contributed by atoms with Crippen LogP contribution in [0.5, 0.6) is 0 Å². The summed E-state index contributed by atoms with van der Waals surface area (Å²) in [7, 11) is 0. The molecule has 2 fully saturated rings. The number of fused-ring (bicyclic) bond motifs is 1. The van der Waals surface area contributed by atoms with E-state index in [1.165, 1.54) is 5.56 Å². The van der Waals surface area contributed by atoms with E-state index in [9.17, 15) is 4.79 Å². The molecule has 0 radical (unpaired) electrons. The number of benzene rings is 2. The molecule has 1 amide bonds. The third-order valence-corrected chi connectivity index (χ3v) is 6.35. The minimum Gasteiger partial charge on any atom is -0.338 e. The largest absolute Gasteiger partial charge is 0.338 e. The number of rotatable bonds is 5. The fourth-order valence-electron chi connectivity index (χ4n) is 3.93. The number of carbonyl (C=O) groups excluding carboxylic acids is 1. The summed E-state index contributed by atoms with van der Waals surface area (Å²) in [6.45, 7) is 0.779. The summed E-state index contributed by atoms with van der Waals surface area (Å²) in [6.07, 6.45) is 0. The van der Waals surface area contributed by atoms with Gasteiger partial charge in [0.1, 0.15) is 11.5 Å². The predicted molar refractivity (Wildman–Crippen MR) is 111 cm³/mol. The van der Waals surface area contributed by atoms with E-state index < -0.39 is 0 Å². The van der Waals surface area contributed by atoms with Gasteiger partial charge in [-0.25, -0.2) is 0 Å². The van der Waals surface area contributed by atoms with E-state index >= 15 is 0 Å². The lowest BCUT2D eigenvalue weighted by Gasteiger charge is -2.35. The zero-order valence-electron chi connectivity index (χ0n) is 15.6. The summed E-state index contributed by atoms with van der Waals surface area (Å²) in [5.41, 5.74) is 1.95. The molecule has 0 bridgehead atoms. The molecule has 2 saturated heterocycles. The summed E-state index contributed by atoms with van der Waals surface area (Å²) in [6, 6.07) is 19.9. The summed E-state index contributed by atoms with van der Waals surface area (Å²) < 4.78 is 5.38. The van der Waals surface area contributed by atoms with Crippen molar-refractivity contribution in [3.8, 4) is 11.4 Å². The van der Waals surface area contributed by atoms with Gasteiger partial charge in [-0.1, -0.05) is 65.8 Å². The van der Waals surface area contributed by atoms with Crippen LogP contribution in [0, 0.1) is 0 Å². The predicted octanol–water partition coefficient (Wildman–Crippen LogP) is 2.10. The number of thioether (sulfide) groups is 1. The molecule has 1 aromatic heterocycles. The molecule has 2 aliphatic heterocycles. The molecule has 4 atom stereocenters. The van der Waals surface area contributed by atoms with Crippen LogP contribution >= 0.6 is 11.8 Å². The Kier molecular flexibility index (Phi) is 5.05. The normalized spacial score (nSPS) is 26.1. The highest BCUT2D eigenvalue weighted by molar-refractivity contribution is 7.99. The lowest BCUT2D eigenvalue weighted by Crippen LogP contribution is -2.64. The van der Waals surface area contributed by atoms with Crippen LogP contribution in [-0.2, 0) is 10.5 Å². The molecular formula is C21H21N5O2S. The van der Waals surface area contributed by atoms with Crippen LogP contribution in [-0.4, -0.2) is 40.2 Å². The first-order chi connectivity index (χ1) is 14.3. The van der Waals surface area contributed by atoms with Crippen molar-refractivity contribution in [2.45, 2.75) is 29.3 Å². The number of hydrogen-bond donors (Lipinski definition) is 3. The summed E-state index contributed by atoms with van der Waals surface area (Å²) >= 11 is 1.54. The van der Waals surface area contributed by atoms with E-state index in [1.807, 2.05) is 48.5 Å². The molecule has 4 unspecified atom stereocenters. The van der Waals surface area contributed by atoms with Gasteiger partial charge in [0.05, 0.1) is 5.75 Å². The molecule has 0 spiro atoms. The fourth-order valence-corrected chi connectivity index (χ4v) is 4.81. The van der Waals surface area contributed by atoms with Gasteiger partial charge in [0.25, 0.3) is 0 Å². The van der Waals surface area contributed by atoms with Crippen molar-refractivity contribution in [1.82, 2.24) is 26.1 Å². The Labute approximate surface area is 172 Å². The first kappa shape index (κ1) is 18.4. The first-order valence-corrected chi connectivity index (χ1v) is 10.7. The van der Waals surface area contributed by atoms with Crippen LogP contribution in [0.4, 0.5) is 0 Å². The molecule has 2 aliphatic rings. The maximum absolute atomic E-state index is 12.6. The lowest BCUT2D eigenvalue weighted by molar-refractivity contribution is -0.125. The van der Waals surface area contributed by atoms with Crippen LogP contribution in [0.3, 0.4) is 0 Å². The maximum atomic E-state index is 12.6. The Bertz CT molecular complexity index is 981. The van der Waals surface area contributed by atoms with Gasteiger partial charge in [0.2, 0.25) is 17.6 Å². The smallest absolute Gasteiger partial charge is 0.240 e. The molecule has 2 aromatic carbocycles. The number of amides is 1. The third kappa shape index (κ3) is 3.78. The van der Waals surface area contributed by atoms with Gasteiger partial charge in [-0.3, -0.25) is 10.1 Å². The van der Waals surface area contributed by atoms with Crippen LogP contribution in [0.25, 0.3) is 11.4 Å². The summed E-state index contributed by atoms with van der Waals surface area (Å²) in [5.74, 6) is 1.91. The van der Waals surface area contributed by atoms with Crippen molar-refractivity contribution < 1.29 is 9.32 Å². The van der Waals surface area contributed by atoms with E-state index in [2.05, 4.69) is 38.2 Å². The van der Waals surface area contributed by atoms with E-state index in [4.69, 9.17) is 4.52 Å². The Hall–Kier alpha value is -2.68. The highest BCUT2D eigenvalue weighted by Gasteiger charge is 2.45. The topological polar surface area (TPSA) is 92.1 Å². The minimum atomic E-state index is -0.217. The van der Waals surface area contributed by atoms with Gasteiger partial charge in [0.15, 0.2) is 0 Å². The van der Waals surface area contributed by atoms with E-state index in [0.717, 1.165) is 12.1 Å². The second kappa shape index (κ2) is 7.98. The molecular weight excluding hydrogens is 386 g/mol. The molecule has 3 N–H and O–H groups in total. The van der Waals surface area contributed by atoms with Crippen LogP contribution in [0.2, 0.25) is 0 Å². The average Bonchev–Trinajstić information content (AvgIpc) is 3.41. The second-order valence-corrected chi connectivity index (χ2v) is 8.27. The van der Waals surface area contributed by atoms with Crippen molar-refractivity contribution >= 4 is 17.7 Å². The van der Waals surface area contributed by atoms with Crippen molar-refractivity contribution in [3.63, 3.8) is 0 Å². The number of nitrogens with one attached hydrogen (secondary N) is 3. The van der Waals surface area contributed by atoms with Gasteiger partial charge in [-0.2, -0.15) is 4.98 Å². The monoisotopic (exact) mass is 407 g/mol. The SMILES string of the molecule is O=C1NC(SCc2nc(-c3ccccc3)no2)NC2C1NCC2c1ccccc1. The van der Waals surface area contributed by atoms with Gasteiger partial charge >= 0.3 is 0 Å². The number of hydrogen-bond acceptors (Lipinski definition) is 7. The molecule has 148 valence electrons. The van der Waals surface area contributed by atoms with E-state index in [1.54, 1.807) is 11.8 Å². The van der Waals surface area contributed by atoms with Gasteiger partial charge in [-0.15, -0.1) is 11.8 Å². The molecule has 29 heavy (non-hydrogen) atoms. The molecule has 8 heteroatoms. The number of carbonyl (C=O) groups is 1. The number of aromatic nitrogens is 2. The molecule has 0 aliphatic carbocycles. The highest BCUT2D eigenvalue weighted by Crippen LogP contribution is 2.30. The fraction of sp³-hybridized carbons (Fsp3) is 0.286. The lowest BCUT2D eigenvalue weighted by atomic mass is 9.90. The Morgan fingerprint density at radius 3 is 2.62 bits per heavy atom. The number of nitrogens with zero attached hydrogens (tertiary/aromatic N) is 2. The third-order valence-electron chi connectivity index (χ3n) is 5.35. The van der Waals surface area contributed by atoms with Crippen LogP contribution in [0.1, 0.15) is 17.4 Å². The molecule has 7 nitrogen and oxygen atoms in total. The summed E-state index contributed by atoms with van der Waals surface area (Å²) in [5, 5.41) is 14.0. The van der Waals surface area contributed by atoms with Crippen molar-refractivity contribution in [3.05, 3.63) is 72.1 Å². The second-order valence-electron chi connectivity index (χ2n) is 7.17. The minimum absolute atomic E-state index is 0.0279. The van der Waals surface area contributed by atoms with Crippen molar-refractivity contribution in [2.24, 2.45) is 0 Å². The zero-order chi connectivity index (χ0) is 19.6. The Balaban J connectivity index is 1.24. The molecule has 0 saturated carbocycles. The first-order valence-electron chi connectivity index (χ1n) is 9.62. The molecule has 3 aromatic rings. The molecule has 3 heterocycles. The molecule has 5 rings (SSSR count). The van der Waals surface area contributed by atoms with Gasteiger partial charge in [-0.05, 0) is 5.56 Å². The van der Waals surface area contributed by atoms with Crippen molar-refractivity contribution in [1.29, 1.82) is 0 Å². The quantitative estimate of drug-likeness (QED) is 0.596. The Morgan fingerprint density at radius 1 is 1.07 bits per heavy atom. The van der Waals surface area contributed by atoms with Crippen molar-refractivity contribution in [2.75, 3.05) is 6.54 Å². The average molecular weight is 407 g/mol. The standard InChI is InChI=1S/C21H21N5O2S/c27-20-18-17(15(11-22-18)13-7-3-1-4-8-13)24-21(25-20)29-12-16-23-19(26-28-16)14-9-5-2-6-10-14/h1-10,15,17-18,21-22,24H,11-12H2,(H,25,27). The van der Waals surface area contributed by atoms with Gasteiger partial charge in [0, 0.05) is 24.1 Å². The summed E-state index contributed by atoms with van der Waals surface area (Å²) in [4.78, 5) is 17.0. The van der Waals surface area contributed by atoms with E-state index in [-0.39, 0.29) is 29.4 Å².